The molecule has 1 heterocycles. The van der Waals surface area contributed by atoms with Gasteiger partial charge in [-0.1, -0.05) is 77.4 Å². The van der Waals surface area contributed by atoms with Crippen LogP contribution in [0.2, 0.25) is 5.02 Å². The third-order valence-electron chi connectivity index (χ3n) is 7.09. The molecule has 0 spiro atoms. The van der Waals surface area contributed by atoms with Gasteiger partial charge in [-0.2, -0.15) is 0 Å². The number of halogens is 3. The van der Waals surface area contributed by atoms with E-state index in [0.29, 0.717) is 5.02 Å². The Bertz CT molecular complexity index is 1180. The molecule has 0 saturated heterocycles. The van der Waals surface area contributed by atoms with Crippen LogP contribution in [0.4, 0.5) is 11.4 Å². The first kappa shape index (κ1) is 38.3. The smallest absolute Gasteiger partial charge is 1.00 e. The van der Waals surface area contributed by atoms with Crippen LogP contribution in [0.5, 0.6) is 0 Å². The Balaban J connectivity index is 0.00000507. The van der Waals surface area contributed by atoms with E-state index in [1.54, 1.807) is 0 Å². The minimum Gasteiger partial charge on any atom is -1.00 e. The van der Waals surface area contributed by atoms with Gasteiger partial charge in [-0.15, -0.1) is 0 Å². The molecule has 2 aromatic carbocycles. The molecule has 3 aromatic rings. The van der Waals surface area contributed by atoms with Crippen LogP contribution >= 0.6 is 11.6 Å². The zero-order chi connectivity index (χ0) is 27.1. The second kappa shape index (κ2) is 18.0. The van der Waals surface area contributed by atoms with Crippen LogP contribution < -0.4 is 24.8 Å². The Morgan fingerprint density at radius 1 is 0.575 bits per heavy atom. The van der Waals surface area contributed by atoms with Crippen molar-refractivity contribution in [2.24, 2.45) is 9.98 Å². The first-order valence-corrected chi connectivity index (χ1v) is 14.2. The molecule has 0 aliphatic rings. The maximum atomic E-state index is 6.61. The van der Waals surface area contributed by atoms with Crippen molar-refractivity contribution in [3.63, 3.8) is 0 Å². The van der Waals surface area contributed by atoms with Gasteiger partial charge in [0.15, 0.2) is 0 Å². The van der Waals surface area contributed by atoms with E-state index in [4.69, 9.17) is 26.6 Å². The zero-order valence-electron chi connectivity index (χ0n) is 25.0. The molecule has 1 aromatic heterocycles. The molecular weight excluding hydrogens is 604 g/mol. The molecule has 0 amide bonds. The van der Waals surface area contributed by atoms with Crippen LogP contribution in [-0.2, 0) is 55.3 Å². The first-order chi connectivity index (χ1) is 17.8. The minimum absolute atomic E-state index is 0. The zero-order valence-corrected chi connectivity index (χ0v) is 28.3. The summed E-state index contributed by atoms with van der Waals surface area (Å²) in [6.45, 7) is 17.2. The Morgan fingerprint density at radius 2 is 0.875 bits per heavy atom. The average Bonchev–Trinajstić information content (AvgIpc) is 2.92. The molecule has 0 bridgehead atoms. The largest absolute Gasteiger partial charge is 2.00 e. The van der Waals surface area contributed by atoms with Crippen molar-refractivity contribution in [2.45, 2.75) is 93.9 Å². The summed E-state index contributed by atoms with van der Waals surface area (Å²) in [7, 11) is 0. The number of rotatable bonds is 10. The third kappa shape index (κ3) is 9.16. The second-order valence-corrected chi connectivity index (χ2v) is 10.0. The fourth-order valence-corrected chi connectivity index (χ4v) is 4.96. The van der Waals surface area contributed by atoms with Gasteiger partial charge >= 0.3 is 16.8 Å². The SMILES string of the molecule is CCc1cc(CC)c(N=C(C)c2cc(Cl)cc(C(C)=Nc3c(CC)cc(CC)cc3CC)n2)c(CC)c1.[Cl-].[Cl-].[Co+2]. The molecule has 0 fully saturated rings. The maximum Gasteiger partial charge on any atom is 2.00 e. The Morgan fingerprint density at radius 3 is 1.12 bits per heavy atom. The second-order valence-electron chi connectivity index (χ2n) is 9.60. The summed E-state index contributed by atoms with van der Waals surface area (Å²) >= 11 is 6.61. The molecule has 0 unspecified atom stereocenters. The number of aliphatic imine (C=N–C) groups is 2. The summed E-state index contributed by atoms with van der Waals surface area (Å²) in [5.74, 6) is 0. The van der Waals surface area contributed by atoms with E-state index in [9.17, 15) is 0 Å². The predicted molar refractivity (Wildman–Crippen MR) is 162 cm³/mol. The molecule has 0 aliphatic heterocycles. The molecule has 0 aliphatic carbocycles. The molecule has 40 heavy (non-hydrogen) atoms. The van der Waals surface area contributed by atoms with Gasteiger partial charge in [-0.25, -0.2) is 4.98 Å². The van der Waals surface area contributed by atoms with E-state index < -0.39 is 0 Å². The summed E-state index contributed by atoms with van der Waals surface area (Å²) < 4.78 is 0. The van der Waals surface area contributed by atoms with Crippen LogP contribution in [0.3, 0.4) is 0 Å². The van der Waals surface area contributed by atoms with Crippen LogP contribution in [0.25, 0.3) is 0 Å². The summed E-state index contributed by atoms with van der Waals surface area (Å²) in [5.41, 5.74) is 13.3. The summed E-state index contributed by atoms with van der Waals surface area (Å²) in [6.07, 6.45) is 5.85. The normalized spacial score (nSPS) is 11.4. The number of hydrogen-bond acceptors (Lipinski definition) is 3. The van der Waals surface area contributed by atoms with E-state index in [1.807, 2.05) is 26.0 Å². The molecule has 1 radical (unpaired) electrons. The molecular formula is C33H42Cl3CoN3. The van der Waals surface area contributed by atoms with Crippen LogP contribution in [0.15, 0.2) is 46.4 Å². The molecule has 0 N–H and O–H groups in total. The Kier molecular flexibility index (Phi) is 17.2. The van der Waals surface area contributed by atoms with Crippen molar-refractivity contribution < 1.29 is 41.6 Å². The van der Waals surface area contributed by atoms with Crippen LogP contribution in [0.1, 0.15) is 100 Å². The van der Waals surface area contributed by atoms with E-state index in [0.717, 1.165) is 72.7 Å². The predicted octanol–water partition coefficient (Wildman–Crippen LogP) is 3.40. The van der Waals surface area contributed by atoms with Gasteiger partial charge in [-0.3, -0.25) is 9.98 Å². The summed E-state index contributed by atoms with van der Waals surface area (Å²) in [6, 6.07) is 13.0. The summed E-state index contributed by atoms with van der Waals surface area (Å²) in [5, 5.41) is 0.643. The standard InChI is InChI=1S/C33H42ClN3.2ClH.Co/c1-9-23-15-25(11-3)32(26(12-4)16-23)35-21(7)30-19-29(34)20-31(37-30)22(8)36-33-27(13-5)17-24(10-2)18-28(33)14-6;;;/h15-20H,9-14H2,1-8H3;2*1H;/q;;;+2/p-2. The molecule has 3 rings (SSSR count). The summed E-state index contributed by atoms with van der Waals surface area (Å²) in [4.78, 5) is 15.2. The van der Waals surface area contributed by atoms with Crippen LogP contribution in [0, 0.1) is 0 Å². The van der Waals surface area contributed by atoms with Crippen molar-refractivity contribution in [1.82, 2.24) is 4.98 Å². The number of pyridine rings is 1. The van der Waals surface area contributed by atoms with Crippen molar-refractivity contribution in [3.05, 3.63) is 86.2 Å². The number of aromatic nitrogens is 1. The number of benzene rings is 2. The van der Waals surface area contributed by atoms with Gasteiger partial charge in [-0.05, 0) is 97.9 Å². The molecule has 3 nitrogen and oxygen atoms in total. The molecule has 219 valence electrons. The number of aryl methyl sites for hydroxylation is 6. The van der Waals surface area contributed by atoms with E-state index in [-0.39, 0.29) is 41.6 Å². The Labute approximate surface area is 269 Å². The van der Waals surface area contributed by atoms with E-state index in [1.165, 1.54) is 33.4 Å². The van der Waals surface area contributed by atoms with Gasteiger partial charge in [0.05, 0.1) is 34.2 Å². The van der Waals surface area contributed by atoms with Gasteiger partial charge < -0.3 is 24.8 Å². The number of nitrogens with zero attached hydrogens (tertiary/aromatic N) is 3. The van der Waals surface area contributed by atoms with Crippen molar-refractivity contribution in [2.75, 3.05) is 0 Å². The van der Waals surface area contributed by atoms with Gasteiger partial charge in [0, 0.05) is 5.02 Å². The van der Waals surface area contributed by atoms with Gasteiger partial charge in [0.2, 0.25) is 0 Å². The minimum atomic E-state index is 0. The average molecular weight is 646 g/mol. The third-order valence-corrected chi connectivity index (χ3v) is 7.30. The van der Waals surface area contributed by atoms with E-state index in [2.05, 4.69) is 65.8 Å². The molecule has 0 atom stereocenters. The van der Waals surface area contributed by atoms with Crippen molar-refractivity contribution in [3.8, 4) is 0 Å². The van der Waals surface area contributed by atoms with Crippen molar-refractivity contribution in [1.29, 1.82) is 0 Å². The first-order valence-electron chi connectivity index (χ1n) is 13.9. The van der Waals surface area contributed by atoms with Gasteiger partial charge in [0.25, 0.3) is 0 Å². The number of hydrogen-bond donors (Lipinski definition) is 0. The Hall–Kier alpha value is -1.69. The molecule has 0 saturated carbocycles. The van der Waals surface area contributed by atoms with Gasteiger partial charge in [0.1, 0.15) is 0 Å². The topological polar surface area (TPSA) is 37.6 Å². The maximum absolute atomic E-state index is 6.61. The van der Waals surface area contributed by atoms with Crippen LogP contribution in [-0.4, -0.2) is 16.4 Å². The molecule has 7 heteroatoms. The van der Waals surface area contributed by atoms with E-state index >= 15 is 0 Å². The fraction of sp³-hybridized carbons (Fsp3) is 0.424. The van der Waals surface area contributed by atoms with Crippen molar-refractivity contribution >= 4 is 34.4 Å². The quantitative estimate of drug-likeness (QED) is 0.312. The fourth-order valence-electron chi connectivity index (χ4n) is 4.76. The monoisotopic (exact) mass is 644 g/mol.